The monoisotopic (exact) mass is 535 g/mol. The van der Waals surface area contributed by atoms with E-state index in [4.69, 9.17) is 25.8 Å². The van der Waals surface area contributed by atoms with Gasteiger partial charge in [0, 0.05) is 23.7 Å². The molecule has 38 heavy (non-hydrogen) atoms. The van der Waals surface area contributed by atoms with Crippen LogP contribution in [0.4, 0.5) is 5.69 Å². The molecular formula is C30H30ClNO6. The van der Waals surface area contributed by atoms with Crippen LogP contribution in [0.15, 0.2) is 66.7 Å². The summed E-state index contributed by atoms with van der Waals surface area (Å²) in [4.78, 5) is 26.4. The number of rotatable bonds is 6. The maximum Gasteiger partial charge on any atom is 0.338 e. The maximum absolute atomic E-state index is 12.4. The van der Waals surface area contributed by atoms with Gasteiger partial charge in [0.2, 0.25) is 0 Å². The number of nitrogens with zero attached hydrogens (tertiary/aromatic N) is 1. The fourth-order valence-electron chi connectivity index (χ4n) is 4.93. The summed E-state index contributed by atoms with van der Waals surface area (Å²) in [5, 5.41) is 10.3. The lowest BCUT2D eigenvalue weighted by Gasteiger charge is -2.40. The van der Waals surface area contributed by atoms with Gasteiger partial charge >= 0.3 is 11.9 Å². The molecule has 1 saturated carbocycles. The Hall–Kier alpha value is -3.71. The summed E-state index contributed by atoms with van der Waals surface area (Å²) < 4.78 is 17.9. The van der Waals surface area contributed by atoms with Gasteiger partial charge in [-0.2, -0.15) is 0 Å². The molecule has 3 aromatic carbocycles. The van der Waals surface area contributed by atoms with Crippen LogP contribution in [0.1, 0.15) is 45.5 Å². The smallest absolute Gasteiger partial charge is 0.338 e. The van der Waals surface area contributed by atoms with Crippen LogP contribution < -0.4 is 14.4 Å². The zero-order valence-corrected chi connectivity index (χ0v) is 21.7. The number of benzene rings is 3. The second kappa shape index (κ2) is 11.8. The normalized spacial score (nSPS) is 18.9. The number of aromatic carboxylic acids is 1. The highest BCUT2D eigenvalue weighted by Crippen LogP contribution is 2.39. The molecule has 5 rings (SSSR count). The third kappa shape index (κ3) is 6.05. The lowest BCUT2D eigenvalue weighted by molar-refractivity contribution is 0.0248. The highest BCUT2D eigenvalue weighted by molar-refractivity contribution is 6.30. The van der Waals surface area contributed by atoms with Gasteiger partial charge in [0.25, 0.3) is 0 Å². The number of carboxylic acids is 1. The molecule has 0 amide bonds. The summed E-state index contributed by atoms with van der Waals surface area (Å²) in [6.45, 7) is 2.47. The zero-order chi connectivity index (χ0) is 26.5. The Balaban J connectivity index is 1.33. The third-order valence-electron chi connectivity index (χ3n) is 7.26. The molecule has 0 radical (unpaired) electrons. The molecule has 0 saturated heterocycles. The summed E-state index contributed by atoms with van der Waals surface area (Å²) in [6, 6.07) is 19.4. The van der Waals surface area contributed by atoms with Gasteiger partial charge in [-0.3, -0.25) is 0 Å². The molecule has 1 N–H and O–H groups in total. The highest BCUT2D eigenvalue weighted by Gasteiger charge is 2.34. The van der Waals surface area contributed by atoms with Gasteiger partial charge in [0.15, 0.2) is 0 Å². The molecule has 0 unspecified atom stereocenters. The number of halogens is 1. The Bertz CT molecular complexity index is 1300. The van der Waals surface area contributed by atoms with Crippen LogP contribution in [0, 0.1) is 11.8 Å². The number of anilines is 1. The van der Waals surface area contributed by atoms with Gasteiger partial charge in [-0.25, -0.2) is 9.59 Å². The van der Waals surface area contributed by atoms with Crippen molar-refractivity contribution in [1.29, 1.82) is 0 Å². The van der Waals surface area contributed by atoms with Crippen molar-refractivity contribution in [2.24, 2.45) is 11.8 Å². The molecule has 0 aromatic heterocycles. The predicted molar refractivity (Wildman–Crippen MR) is 144 cm³/mol. The van der Waals surface area contributed by atoms with Crippen molar-refractivity contribution in [1.82, 2.24) is 0 Å². The van der Waals surface area contributed by atoms with Crippen molar-refractivity contribution in [3.63, 3.8) is 0 Å². The zero-order valence-electron chi connectivity index (χ0n) is 21.0. The molecule has 1 heterocycles. The Morgan fingerprint density at radius 2 is 1.76 bits per heavy atom. The van der Waals surface area contributed by atoms with Crippen LogP contribution in [0.25, 0.3) is 0 Å². The summed E-state index contributed by atoms with van der Waals surface area (Å²) in [7, 11) is 0. The number of esters is 1. The number of carbonyl (C=O) groups is 2. The van der Waals surface area contributed by atoms with E-state index in [1.165, 1.54) is 0 Å². The van der Waals surface area contributed by atoms with E-state index in [-0.39, 0.29) is 24.1 Å². The second-order valence-corrected chi connectivity index (χ2v) is 10.2. The van der Waals surface area contributed by atoms with Gasteiger partial charge in [-0.1, -0.05) is 35.9 Å². The predicted octanol–water partition coefficient (Wildman–Crippen LogP) is 6.09. The molecule has 1 fully saturated rings. The first kappa shape index (κ1) is 25.9. The van der Waals surface area contributed by atoms with E-state index in [1.54, 1.807) is 42.5 Å². The Morgan fingerprint density at radius 1 is 0.947 bits per heavy atom. The first-order valence-electron chi connectivity index (χ1n) is 12.9. The average molecular weight is 536 g/mol. The van der Waals surface area contributed by atoms with E-state index in [0.717, 1.165) is 30.5 Å². The number of ether oxygens (including phenoxy) is 3. The first-order valence-corrected chi connectivity index (χ1v) is 13.2. The largest absolute Gasteiger partial charge is 0.493 e. The SMILES string of the molecule is O=C(O)c1ccc2c(c1)N(C[C@@H]1CC[C@H]1COC(=O)c1ccccc1)CCCOc1cc(Cl)ccc1CO2. The Morgan fingerprint density at radius 3 is 2.53 bits per heavy atom. The standard InChI is InChI=1S/C30H30ClNO6/c31-25-11-9-24-19-37-27-12-10-21(29(33)34)15-26(27)32(13-4-14-36-28(24)16-25)17-22-7-8-23(22)18-38-30(35)20-5-2-1-3-6-20/h1-3,5-6,9-12,15-16,22-23H,4,7-8,13-14,17-19H2,(H,33,34)/t22-,23-/m0/s1. The van der Waals surface area contributed by atoms with Gasteiger partial charge in [0.1, 0.15) is 18.1 Å². The van der Waals surface area contributed by atoms with Crippen molar-refractivity contribution < 1.29 is 28.9 Å². The Kier molecular flexibility index (Phi) is 8.03. The average Bonchev–Trinajstić information content (AvgIpc) is 2.94. The fraction of sp³-hybridized carbons (Fsp3) is 0.333. The van der Waals surface area contributed by atoms with E-state index in [0.29, 0.717) is 54.3 Å². The lowest BCUT2D eigenvalue weighted by Crippen LogP contribution is -2.41. The molecular weight excluding hydrogens is 506 g/mol. The van der Waals surface area contributed by atoms with E-state index >= 15 is 0 Å². The van der Waals surface area contributed by atoms with Crippen molar-refractivity contribution in [3.05, 3.63) is 88.4 Å². The number of hydrogen-bond donors (Lipinski definition) is 1. The van der Waals surface area contributed by atoms with Gasteiger partial charge in [-0.15, -0.1) is 0 Å². The number of hydrogen-bond acceptors (Lipinski definition) is 6. The quantitative estimate of drug-likeness (QED) is 0.382. The summed E-state index contributed by atoms with van der Waals surface area (Å²) in [5.74, 6) is 0.559. The summed E-state index contributed by atoms with van der Waals surface area (Å²) in [6.07, 6.45) is 2.72. The van der Waals surface area contributed by atoms with Gasteiger partial charge in [-0.05, 0) is 73.6 Å². The van der Waals surface area contributed by atoms with Crippen LogP contribution in [0.2, 0.25) is 5.02 Å². The Labute approximate surface area is 226 Å². The van der Waals surface area contributed by atoms with Crippen LogP contribution >= 0.6 is 11.6 Å². The second-order valence-electron chi connectivity index (χ2n) is 9.74. The van der Waals surface area contributed by atoms with E-state index < -0.39 is 5.97 Å². The third-order valence-corrected chi connectivity index (χ3v) is 7.49. The van der Waals surface area contributed by atoms with Crippen LogP contribution in [-0.2, 0) is 11.3 Å². The maximum atomic E-state index is 12.4. The topological polar surface area (TPSA) is 85.3 Å². The molecule has 0 spiro atoms. The molecule has 1 aliphatic carbocycles. The molecule has 1 aliphatic heterocycles. The van der Waals surface area contributed by atoms with E-state index in [9.17, 15) is 14.7 Å². The molecule has 0 bridgehead atoms. The van der Waals surface area contributed by atoms with Gasteiger partial charge < -0.3 is 24.2 Å². The molecule has 8 heteroatoms. The fourth-order valence-corrected chi connectivity index (χ4v) is 5.09. The van der Waals surface area contributed by atoms with Crippen LogP contribution in [0.3, 0.4) is 0 Å². The van der Waals surface area contributed by atoms with Gasteiger partial charge in [0.05, 0.1) is 30.0 Å². The summed E-state index contributed by atoms with van der Waals surface area (Å²) in [5.41, 5.74) is 2.37. The molecule has 3 aromatic rings. The molecule has 2 atom stereocenters. The summed E-state index contributed by atoms with van der Waals surface area (Å²) >= 11 is 6.18. The van der Waals surface area contributed by atoms with E-state index in [2.05, 4.69) is 4.90 Å². The molecule has 198 valence electrons. The minimum atomic E-state index is -0.986. The van der Waals surface area contributed by atoms with Crippen molar-refractivity contribution in [2.75, 3.05) is 31.2 Å². The van der Waals surface area contributed by atoms with Crippen LogP contribution in [0.5, 0.6) is 11.5 Å². The lowest BCUT2D eigenvalue weighted by atomic mass is 9.73. The first-order chi connectivity index (χ1) is 18.5. The molecule has 2 aliphatic rings. The highest BCUT2D eigenvalue weighted by atomic mass is 35.5. The van der Waals surface area contributed by atoms with Crippen molar-refractivity contribution >= 4 is 29.2 Å². The number of carboxylic acid groups (broad SMARTS) is 1. The number of fused-ring (bicyclic) bond motifs is 2. The van der Waals surface area contributed by atoms with E-state index in [1.807, 2.05) is 24.3 Å². The van der Waals surface area contributed by atoms with Crippen molar-refractivity contribution in [2.45, 2.75) is 25.9 Å². The van der Waals surface area contributed by atoms with Crippen molar-refractivity contribution in [3.8, 4) is 11.5 Å². The minimum absolute atomic E-state index is 0.206. The number of carbonyl (C=O) groups excluding carboxylic acids is 1. The molecule has 7 nitrogen and oxygen atoms in total. The minimum Gasteiger partial charge on any atom is -0.493 e. The van der Waals surface area contributed by atoms with Crippen LogP contribution in [-0.4, -0.2) is 43.3 Å².